The third kappa shape index (κ3) is 3.13. The quantitative estimate of drug-likeness (QED) is 0.474. The normalized spacial score (nSPS) is 17.4. The fourth-order valence-corrected chi connectivity index (χ4v) is 2.54. The molecule has 0 N–H and O–H groups in total. The van der Waals surface area contributed by atoms with Gasteiger partial charge in [-0.25, -0.2) is 0 Å². The fraction of sp³-hybridized carbons (Fsp3) is 0.438. The number of rotatable bonds is 4. The molecular weight excluding hydrogens is 254 g/mol. The minimum absolute atomic E-state index is 0.107. The lowest BCUT2D eigenvalue weighted by Gasteiger charge is -2.28. The van der Waals surface area contributed by atoms with E-state index in [1.165, 1.54) is 6.07 Å². The molecule has 1 aromatic carbocycles. The van der Waals surface area contributed by atoms with Gasteiger partial charge in [0.2, 0.25) is 0 Å². The number of nitro groups is 1. The summed E-state index contributed by atoms with van der Waals surface area (Å²) < 4.78 is 0. The maximum Gasteiger partial charge on any atom is 0.277 e. The predicted octanol–water partition coefficient (Wildman–Crippen LogP) is 3.93. The lowest BCUT2D eigenvalue weighted by atomic mass is 9.77. The van der Waals surface area contributed by atoms with Gasteiger partial charge in [-0.3, -0.25) is 10.1 Å². The smallest absolute Gasteiger partial charge is 0.277 e. The molecular formula is C16H19NO3. The van der Waals surface area contributed by atoms with Crippen LogP contribution < -0.4 is 0 Å². The molecule has 0 unspecified atom stereocenters. The standard InChI is InChI=1S/C16H19NO3/c1-16(2)8-5-13(6-9-16)14-4-3-12(7-10-18)11-15(14)17(19)20/h3-5,10-11H,6-9H2,1-2H3. The Labute approximate surface area is 118 Å². The van der Waals surface area contributed by atoms with Gasteiger partial charge in [-0.15, -0.1) is 0 Å². The minimum atomic E-state index is -0.357. The minimum Gasteiger partial charge on any atom is -0.303 e. The van der Waals surface area contributed by atoms with Crippen LogP contribution in [0.15, 0.2) is 24.3 Å². The number of nitrogens with zero attached hydrogens (tertiary/aromatic N) is 1. The van der Waals surface area contributed by atoms with E-state index >= 15 is 0 Å². The fourth-order valence-electron chi connectivity index (χ4n) is 2.54. The zero-order valence-corrected chi connectivity index (χ0v) is 11.9. The van der Waals surface area contributed by atoms with Crippen LogP contribution in [0.1, 0.15) is 44.2 Å². The number of carbonyl (C=O) groups is 1. The number of carbonyl (C=O) groups excluding carboxylic acids is 1. The van der Waals surface area contributed by atoms with Crippen molar-refractivity contribution in [3.05, 3.63) is 45.5 Å². The van der Waals surface area contributed by atoms with E-state index in [2.05, 4.69) is 19.9 Å². The molecule has 0 aliphatic heterocycles. The van der Waals surface area contributed by atoms with E-state index < -0.39 is 0 Å². The third-order valence-electron chi connectivity index (χ3n) is 3.90. The summed E-state index contributed by atoms with van der Waals surface area (Å²) in [6, 6.07) is 5.10. The molecule has 0 saturated carbocycles. The second-order valence-corrected chi connectivity index (χ2v) is 6.08. The summed E-state index contributed by atoms with van der Waals surface area (Å²) in [6.07, 6.45) is 5.93. The van der Waals surface area contributed by atoms with E-state index in [9.17, 15) is 14.9 Å². The van der Waals surface area contributed by atoms with Gasteiger partial charge in [-0.05, 0) is 41.9 Å². The Kier molecular flexibility index (Phi) is 4.02. The average molecular weight is 273 g/mol. The van der Waals surface area contributed by atoms with E-state index in [4.69, 9.17) is 0 Å². The maximum atomic E-state index is 11.2. The van der Waals surface area contributed by atoms with Crippen LogP contribution in [0, 0.1) is 15.5 Å². The van der Waals surface area contributed by atoms with E-state index in [1.807, 2.05) is 0 Å². The molecule has 1 aliphatic rings. The van der Waals surface area contributed by atoms with Gasteiger partial charge in [-0.2, -0.15) is 0 Å². The molecule has 0 saturated heterocycles. The summed E-state index contributed by atoms with van der Waals surface area (Å²) in [5, 5.41) is 11.2. The number of hydrogen-bond acceptors (Lipinski definition) is 3. The van der Waals surface area contributed by atoms with E-state index in [1.54, 1.807) is 12.1 Å². The van der Waals surface area contributed by atoms with Crippen molar-refractivity contribution in [2.24, 2.45) is 5.41 Å². The largest absolute Gasteiger partial charge is 0.303 e. The third-order valence-corrected chi connectivity index (χ3v) is 3.90. The van der Waals surface area contributed by atoms with Gasteiger partial charge < -0.3 is 4.79 Å². The first-order chi connectivity index (χ1) is 9.43. The zero-order chi connectivity index (χ0) is 14.8. The maximum absolute atomic E-state index is 11.2. The Morgan fingerprint density at radius 1 is 1.40 bits per heavy atom. The van der Waals surface area contributed by atoms with Gasteiger partial charge in [0.05, 0.1) is 10.5 Å². The first kappa shape index (κ1) is 14.4. The molecule has 4 nitrogen and oxygen atoms in total. The van der Waals surface area contributed by atoms with Crippen molar-refractivity contribution in [3.8, 4) is 0 Å². The van der Waals surface area contributed by atoms with Crippen LogP contribution >= 0.6 is 0 Å². The van der Waals surface area contributed by atoms with Crippen LogP contribution in [0.4, 0.5) is 5.69 Å². The monoisotopic (exact) mass is 273 g/mol. The Hall–Kier alpha value is -1.97. The molecule has 0 atom stereocenters. The summed E-state index contributed by atoms with van der Waals surface area (Å²) in [5.74, 6) is 0. The molecule has 20 heavy (non-hydrogen) atoms. The summed E-state index contributed by atoms with van der Waals surface area (Å²) in [4.78, 5) is 21.4. The summed E-state index contributed by atoms with van der Waals surface area (Å²) in [6.45, 7) is 4.42. The topological polar surface area (TPSA) is 60.2 Å². The highest BCUT2D eigenvalue weighted by Gasteiger charge is 2.25. The second kappa shape index (κ2) is 5.57. The van der Waals surface area contributed by atoms with Crippen molar-refractivity contribution in [1.29, 1.82) is 0 Å². The van der Waals surface area contributed by atoms with Crippen LogP contribution in [0.5, 0.6) is 0 Å². The van der Waals surface area contributed by atoms with Gasteiger partial charge in [-0.1, -0.05) is 26.0 Å². The van der Waals surface area contributed by atoms with Crippen LogP contribution in [0.2, 0.25) is 0 Å². The molecule has 106 valence electrons. The molecule has 0 spiro atoms. The van der Waals surface area contributed by atoms with Crippen LogP contribution in [0.25, 0.3) is 5.57 Å². The first-order valence-electron chi connectivity index (χ1n) is 6.83. The molecule has 4 heteroatoms. The molecule has 0 aromatic heterocycles. The Bertz CT molecular complexity index is 573. The lowest BCUT2D eigenvalue weighted by Crippen LogP contribution is -2.14. The van der Waals surface area contributed by atoms with Crippen molar-refractivity contribution < 1.29 is 9.72 Å². The molecule has 0 radical (unpaired) electrons. The molecule has 2 rings (SSSR count). The zero-order valence-electron chi connectivity index (χ0n) is 11.9. The number of hydrogen-bond donors (Lipinski definition) is 0. The van der Waals surface area contributed by atoms with Crippen LogP contribution in [-0.2, 0) is 11.2 Å². The van der Waals surface area contributed by atoms with Crippen molar-refractivity contribution >= 4 is 17.5 Å². The molecule has 1 aromatic rings. The highest BCUT2D eigenvalue weighted by atomic mass is 16.6. The van der Waals surface area contributed by atoms with Gasteiger partial charge >= 0.3 is 0 Å². The van der Waals surface area contributed by atoms with Gasteiger partial charge in [0.25, 0.3) is 5.69 Å². The lowest BCUT2D eigenvalue weighted by molar-refractivity contribution is -0.385. The Balaban J connectivity index is 2.39. The van der Waals surface area contributed by atoms with Gasteiger partial charge in [0.1, 0.15) is 6.29 Å². The second-order valence-electron chi connectivity index (χ2n) is 6.08. The molecule has 1 aliphatic carbocycles. The number of allylic oxidation sites excluding steroid dienone is 2. The average Bonchev–Trinajstić information content (AvgIpc) is 2.39. The SMILES string of the molecule is CC1(C)CC=C(c2ccc(CC=O)cc2[N+](=O)[O-])CC1. The molecule has 0 amide bonds. The summed E-state index contributed by atoms with van der Waals surface area (Å²) >= 11 is 0. The van der Waals surface area contributed by atoms with Crippen LogP contribution in [-0.4, -0.2) is 11.2 Å². The van der Waals surface area contributed by atoms with E-state index in [0.717, 1.165) is 31.1 Å². The summed E-state index contributed by atoms with van der Waals surface area (Å²) in [5.41, 5.74) is 2.81. The Morgan fingerprint density at radius 3 is 2.70 bits per heavy atom. The number of aldehydes is 1. The van der Waals surface area contributed by atoms with Crippen LogP contribution in [0.3, 0.4) is 0 Å². The summed E-state index contributed by atoms with van der Waals surface area (Å²) in [7, 11) is 0. The predicted molar refractivity (Wildman–Crippen MR) is 78.5 cm³/mol. The van der Waals surface area contributed by atoms with Crippen molar-refractivity contribution in [2.45, 2.75) is 39.5 Å². The highest BCUT2D eigenvalue weighted by molar-refractivity contribution is 5.74. The first-order valence-corrected chi connectivity index (χ1v) is 6.83. The van der Waals surface area contributed by atoms with E-state index in [-0.39, 0.29) is 22.4 Å². The Morgan fingerprint density at radius 2 is 2.15 bits per heavy atom. The van der Waals surface area contributed by atoms with Crippen molar-refractivity contribution in [3.63, 3.8) is 0 Å². The van der Waals surface area contributed by atoms with Crippen molar-refractivity contribution in [2.75, 3.05) is 0 Å². The number of nitro benzene ring substituents is 1. The van der Waals surface area contributed by atoms with Gasteiger partial charge in [0.15, 0.2) is 0 Å². The van der Waals surface area contributed by atoms with Crippen molar-refractivity contribution in [1.82, 2.24) is 0 Å². The van der Waals surface area contributed by atoms with E-state index in [0.29, 0.717) is 11.1 Å². The number of benzene rings is 1. The molecule has 0 heterocycles. The highest BCUT2D eigenvalue weighted by Crippen LogP contribution is 2.40. The molecule has 0 bridgehead atoms. The molecule has 0 fully saturated rings. The van der Waals surface area contributed by atoms with Gasteiger partial charge in [0, 0.05) is 12.5 Å².